The predicted octanol–water partition coefficient (Wildman–Crippen LogP) is 4.09. The van der Waals surface area contributed by atoms with E-state index in [1.54, 1.807) is 0 Å². The zero-order chi connectivity index (χ0) is 13.9. The van der Waals surface area contributed by atoms with Gasteiger partial charge in [-0.05, 0) is 30.4 Å². The number of carboxylic acid groups (broad SMARTS) is 1. The number of carboxylic acids is 1. The minimum absolute atomic E-state index is 0.122. The average Bonchev–Trinajstić information content (AvgIpc) is 2.98. The molecular formula is C16H17NO3. The van der Waals surface area contributed by atoms with Crippen LogP contribution >= 0.6 is 0 Å². The second kappa shape index (κ2) is 5.49. The van der Waals surface area contributed by atoms with Gasteiger partial charge in [-0.15, -0.1) is 0 Å². The Bertz CT molecular complexity index is 612. The zero-order valence-corrected chi connectivity index (χ0v) is 11.2. The Kier molecular flexibility index (Phi) is 3.54. The molecule has 2 aromatic rings. The fourth-order valence-corrected chi connectivity index (χ4v) is 2.90. The molecule has 1 aliphatic rings. The summed E-state index contributed by atoms with van der Waals surface area (Å²) in [6, 6.07) is 9.68. The summed E-state index contributed by atoms with van der Waals surface area (Å²) < 4.78 is 4.82. The average molecular weight is 271 g/mol. The predicted molar refractivity (Wildman–Crippen MR) is 74.7 cm³/mol. The van der Waals surface area contributed by atoms with Gasteiger partial charge < -0.3 is 9.63 Å². The Morgan fingerprint density at radius 1 is 1.20 bits per heavy atom. The summed E-state index contributed by atoms with van der Waals surface area (Å²) in [5.74, 6) is -0.593. The second-order valence-electron chi connectivity index (χ2n) is 5.34. The first kappa shape index (κ1) is 12.9. The molecule has 1 aliphatic carbocycles. The number of hydrogen-bond acceptors (Lipinski definition) is 3. The normalized spacial score (nSPS) is 16.2. The minimum atomic E-state index is -1.09. The van der Waals surface area contributed by atoms with E-state index in [4.69, 9.17) is 9.63 Å². The standard InChI is InChI=1S/C16H17NO3/c18-16(19)15-10-14(17-20-15)13-8-4-7-12(9-13)11-5-2-1-3-6-11/h4,7-11H,1-3,5-6H2,(H,18,19). The Morgan fingerprint density at radius 2 is 2.00 bits per heavy atom. The lowest BCUT2D eigenvalue weighted by molar-refractivity contribution is 0.0652. The number of aromatic nitrogens is 1. The maximum Gasteiger partial charge on any atom is 0.374 e. The number of nitrogens with zero attached hydrogens (tertiary/aromatic N) is 1. The van der Waals surface area contributed by atoms with Crippen LogP contribution in [0.15, 0.2) is 34.9 Å². The summed E-state index contributed by atoms with van der Waals surface area (Å²) in [5.41, 5.74) is 2.83. The van der Waals surface area contributed by atoms with E-state index in [0.717, 1.165) is 5.56 Å². The number of carbonyl (C=O) groups is 1. The van der Waals surface area contributed by atoms with Gasteiger partial charge in [0.15, 0.2) is 0 Å². The van der Waals surface area contributed by atoms with E-state index < -0.39 is 5.97 Å². The summed E-state index contributed by atoms with van der Waals surface area (Å²) in [4.78, 5) is 10.8. The molecule has 4 heteroatoms. The van der Waals surface area contributed by atoms with E-state index in [9.17, 15) is 4.79 Å². The van der Waals surface area contributed by atoms with Gasteiger partial charge in [0.05, 0.1) is 0 Å². The van der Waals surface area contributed by atoms with Crippen molar-refractivity contribution in [1.29, 1.82) is 0 Å². The van der Waals surface area contributed by atoms with Gasteiger partial charge in [0.1, 0.15) is 5.69 Å². The molecule has 0 spiro atoms. The van der Waals surface area contributed by atoms with Crippen molar-refractivity contribution in [2.24, 2.45) is 0 Å². The summed E-state index contributed by atoms with van der Waals surface area (Å²) in [5, 5.41) is 12.7. The van der Waals surface area contributed by atoms with Crippen molar-refractivity contribution in [3.05, 3.63) is 41.7 Å². The molecule has 0 radical (unpaired) electrons. The maximum absolute atomic E-state index is 10.8. The molecule has 3 rings (SSSR count). The Hall–Kier alpha value is -2.10. The van der Waals surface area contributed by atoms with Gasteiger partial charge in [-0.3, -0.25) is 0 Å². The van der Waals surface area contributed by atoms with Crippen LogP contribution in [0, 0.1) is 0 Å². The Labute approximate surface area is 117 Å². The van der Waals surface area contributed by atoms with Gasteiger partial charge in [0.25, 0.3) is 0 Å². The van der Waals surface area contributed by atoms with Crippen LogP contribution in [0.4, 0.5) is 0 Å². The lowest BCUT2D eigenvalue weighted by Crippen LogP contribution is -2.04. The van der Waals surface area contributed by atoms with E-state index in [-0.39, 0.29) is 5.76 Å². The molecule has 1 saturated carbocycles. The summed E-state index contributed by atoms with van der Waals surface area (Å²) in [6.45, 7) is 0. The number of rotatable bonds is 3. The van der Waals surface area contributed by atoms with Crippen molar-refractivity contribution in [2.45, 2.75) is 38.0 Å². The highest BCUT2D eigenvalue weighted by atomic mass is 16.5. The van der Waals surface area contributed by atoms with Crippen LogP contribution in [-0.4, -0.2) is 16.2 Å². The third kappa shape index (κ3) is 2.59. The highest BCUT2D eigenvalue weighted by Crippen LogP contribution is 2.34. The van der Waals surface area contributed by atoms with E-state index in [2.05, 4.69) is 17.3 Å². The van der Waals surface area contributed by atoms with E-state index in [0.29, 0.717) is 11.6 Å². The van der Waals surface area contributed by atoms with E-state index >= 15 is 0 Å². The van der Waals surface area contributed by atoms with Crippen molar-refractivity contribution in [2.75, 3.05) is 0 Å². The van der Waals surface area contributed by atoms with Gasteiger partial charge in [-0.25, -0.2) is 4.79 Å². The molecule has 1 heterocycles. The van der Waals surface area contributed by atoms with Gasteiger partial charge in [-0.2, -0.15) is 0 Å². The number of benzene rings is 1. The van der Waals surface area contributed by atoms with Gasteiger partial charge >= 0.3 is 5.97 Å². The van der Waals surface area contributed by atoms with Crippen LogP contribution in [-0.2, 0) is 0 Å². The molecule has 0 atom stereocenters. The Morgan fingerprint density at radius 3 is 2.70 bits per heavy atom. The fraction of sp³-hybridized carbons (Fsp3) is 0.375. The smallest absolute Gasteiger partial charge is 0.374 e. The molecule has 1 N–H and O–H groups in total. The summed E-state index contributed by atoms with van der Waals surface area (Å²) in [6.07, 6.45) is 6.40. The molecule has 20 heavy (non-hydrogen) atoms. The topological polar surface area (TPSA) is 63.3 Å². The number of aromatic carboxylic acids is 1. The molecule has 0 saturated heterocycles. The van der Waals surface area contributed by atoms with Crippen LogP contribution in [0.1, 0.15) is 54.1 Å². The minimum Gasteiger partial charge on any atom is -0.475 e. The zero-order valence-electron chi connectivity index (χ0n) is 11.2. The van der Waals surface area contributed by atoms with Gasteiger partial charge in [0.2, 0.25) is 5.76 Å². The summed E-state index contributed by atoms with van der Waals surface area (Å²) >= 11 is 0. The molecule has 0 amide bonds. The van der Waals surface area contributed by atoms with Crippen LogP contribution < -0.4 is 0 Å². The largest absolute Gasteiger partial charge is 0.475 e. The van der Waals surface area contributed by atoms with Gasteiger partial charge in [-0.1, -0.05) is 42.6 Å². The maximum atomic E-state index is 10.8. The SMILES string of the molecule is O=C(O)c1cc(-c2cccc(C3CCCCC3)c2)no1. The third-order valence-corrected chi connectivity index (χ3v) is 3.98. The van der Waals surface area contributed by atoms with E-state index in [1.807, 2.05) is 12.1 Å². The van der Waals surface area contributed by atoms with Crippen molar-refractivity contribution in [1.82, 2.24) is 5.16 Å². The van der Waals surface area contributed by atoms with E-state index in [1.165, 1.54) is 43.7 Å². The molecule has 104 valence electrons. The first-order valence-electron chi connectivity index (χ1n) is 7.04. The molecule has 1 aromatic heterocycles. The summed E-state index contributed by atoms with van der Waals surface area (Å²) in [7, 11) is 0. The lowest BCUT2D eigenvalue weighted by Gasteiger charge is -2.22. The first-order chi connectivity index (χ1) is 9.74. The molecule has 0 unspecified atom stereocenters. The lowest BCUT2D eigenvalue weighted by atomic mass is 9.83. The molecule has 0 aliphatic heterocycles. The molecule has 1 fully saturated rings. The van der Waals surface area contributed by atoms with Crippen LogP contribution in [0.25, 0.3) is 11.3 Å². The Balaban J connectivity index is 1.87. The molecular weight excluding hydrogens is 254 g/mol. The van der Waals surface area contributed by atoms with Crippen LogP contribution in [0.2, 0.25) is 0 Å². The van der Waals surface area contributed by atoms with Crippen molar-refractivity contribution in [3.8, 4) is 11.3 Å². The molecule has 4 nitrogen and oxygen atoms in total. The fourth-order valence-electron chi connectivity index (χ4n) is 2.90. The molecule has 0 bridgehead atoms. The first-order valence-corrected chi connectivity index (χ1v) is 7.04. The monoisotopic (exact) mass is 271 g/mol. The van der Waals surface area contributed by atoms with Crippen molar-refractivity contribution < 1.29 is 14.4 Å². The molecule has 1 aromatic carbocycles. The van der Waals surface area contributed by atoms with Crippen molar-refractivity contribution >= 4 is 5.97 Å². The quantitative estimate of drug-likeness (QED) is 0.913. The highest BCUT2D eigenvalue weighted by Gasteiger charge is 2.17. The third-order valence-electron chi connectivity index (χ3n) is 3.98. The highest BCUT2D eigenvalue weighted by molar-refractivity contribution is 5.85. The second-order valence-corrected chi connectivity index (χ2v) is 5.34. The van der Waals surface area contributed by atoms with Crippen LogP contribution in [0.3, 0.4) is 0 Å². The van der Waals surface area contributed by atoms with Gasteiger partial charge in [0, 0.05) is 11.6 Å². The number of hydrogen-bond donors (Lipinski definition) is 1. The van der Waals surface area contributed by atoms with Crippen molar-refractivity contribution in [3.63, 3.8) is 0 Å². The van der Waals surface area contributed by atoms with Crippen LogP contribution in [0.5, 0.6) is 0 Å².